The van der Waals surface area contributed by atoms with E-state index in [4.69, 9.17) is 9.40 Å². The average Bonchev–Trinajstić information content (AvgIpc) is 3.18. The predicted molar refractivity (Wildman–Crippen MR) is 135 cm³/mol. The molecule has 0 aliphatic rings. The molecule has 5 rings (SSSR count). The third-order valence-electron chi connectivity index (χ3n) is 5.91. The van der Waals surface area contributed by atoms with E-state index in [9.17, 15) is 0 Å². The zero-order chi connectivity index (χ0) is 22.5. The molecule has 0 spiro atoms. The van der Waals surface area contributed by atoms with Crippen LogP contribution in [0.15, 0.2) is 77.3 Å². The Morgan fingerprint density at radius 1 is 0.719 bits per heavy atom. The van der Waals surface area contributed by atoms with E-state index in [0.717, 1.165) is 29.2 Å². The maximum absolute atomic E-state index is 6.17. The maximum atomic E-state index is 6.17. The fourth-order valence-electron chi connectivity index (χ4n) is 4.64. The quantitative estimate of drug-likeness (QED) is 0.274. The van der Waals surface area contributed by atoms with E-state index < -0.39 is 0 Å². The Morgan fingerprint density at radius 2 is 1.47 bits per heavy atom. The Bertz CT molecular complexity index is 1430. The molecule has 3 aromatic carbocycles. The molecule has 0 saturated carbocycles. The van der Waals surface area contributed by atoms with Gasteiger partial charge in [-0.1, -0.05) is 62.2 Å². The standard InChI is InChI=1S/C30H29NO/c1-19-14-20(2)16-23(15-19)29-27-10-6-21-17-22(7-9-25(21)26(27)12-13-31-29)28-11-8-24(32-28)18-30(3,4)5/h6-17H,18H2,1-5H3. The molecule has 160 valence electrons. The van der Waals surface area contributed by atoms with Crippen LogP contribution in [0, 0.1) is 19.3 Å². The van der Waals surface area contributed by atoms with Gasteiger partial charge in [-0.2, -0.15) is 0 Å². The van der Waals surface area contributed by atoms with Crippen molar-refractivity contribution in [3.05, 3.63) is 89.8 Å². The summed E-state index contributed by atoms with van der Waals surface area (Å²) < 4.78 is 6.17. The van der Waals surface area contributed by atoms with E-state index in [-0.39, 0.29) is 5.41 Å². The molecule has 0 atom stereocenters. The first-order valence-electron chi connectivity index (χ1n) is 11.3. The summed E-state index contributed by atoms with van der Waals surface area (Å²) in [6.07, 6.45) is 2.85. The van der Waals surface area contributed by atoms with E-state index in [1.54, 1.807) is 0 Å². The van der Waals surface area contributed by atoms with Crippen LogP contribution in [0.5, 0.6) is 0 Å². The number of hydrogen-bond donors (Lipinski definition) is 0. The third-order valence-corrected chi connectivity index (χ3v) is 5.91. The van der Waals surface area contributed by atoms with Gasteiger partial charge < -0.3 is 4.42 Å². The van der Waals surface area contributed by atoms with Crippen molar-refractivity contribution in [2.24, 2.45) is 5.41 Å². The molecule has 2 heterocycles. The van der Waals surface area contributed by atoms with Gasteiger partial charge >= 0.3 is 0 Å². The van der Waals surface area contributed by atoms with Crippen LogP contribution in [-0.2, 0) is 6.42 Å². The van der Waals surface area contributed by atoms with E-state index >= 15 is 0 Å². The molecule has 0 aliphatic heterocycles. The molecule has 0 radical (unpaired) electrons. The predicted octanol–water partition coefficient (Wildman–Crippen LogP) is 8.52. The number of hydrogen-bond acceptors (Lipinski definition) is 2. The minimum Gasteiger partial charge on any atom is -0.461 e. The van der Waals surface area contributed by atoms with Gasteiger partial charge in [0.1, 0.15) is 11.5 Å². The van der Waals surface area contributed by atoms with E-state index in [1.807, 2.05) is 6.20 Å². The number of fused-ring (bicyclic) bond motifs is 3. The number of nitrogens with zero attached hydrogens (tertiary/aromatic N) is 1. The van der Waals surface area contributed by atoms with Gasteiger partial charge in [-0.05, 0) is 71.8 Å². The van der Waals surface area contributed by atoms with Crippen LogP contribution in [0.4, 0.5) is 0 Å². The Hall–Kier alpha value is -3.39. The summed E-state index contributed by atoms with van der Waals surface area (Å²) in [5.74, 6) is 1.96. The van der Waals surface area contributed by atoms with Crippen molar-refractivity contribution in [2.75, 3.05) is 0 Å². The number of rotatable bonds is 3. The van der Waals surface area contributed by atoms with E-state index in [1.165, 1.54) is 38.2 Å². The molecule has 2 heteroatoms. The number of benzene rings is 3. The lowest BCUT2D eigenvalue weighted by Crippen LogP contribution is -2.08. The summed E-state index contributed by atoms with van der Waals surface area (Å²) in [5.41, 5.74) is 6.05. The van der Waals surface area contributed by atoms with Crippen molar-refractivity contribution in [2.45, 2.75) is 41.0 Å². The molecule has 0 bridgehead atoms. The third kappa shape index (κ3) is 3.93. The minimum absolute atomic E-state index is 0.207. The lowest BCUT2D eigenvalue weighted by Gasteiger charge is -2.15. The first-order valence-corrected chi connectivity index (χ1v) is 11.3. The molecular formula is C30H29NO. The molecule has 32 heavy (non-hydrogen) atoms. The number of furan rings is 1. The summed E-state index contributed by atoms with van der Waals surface area (Å²) in [5, 5.41) is 4.86. The van der Waals surface area contributed by atoms with Crippen molar-refractivity contribution >= 4 is 21.5 Å². The minimum atomic E-state index is 0.207. The van der Waals surface area contributed by atoms with Crippen molar-refractivity contribution < 1.29 is 4.42 Å². The Kier molecular flexibility index (Phi) is 4.89. The first kappa shape index (κ1) is 20.5. The highest BCUT2D eigenvalue weighted by atomic mass is 16.3. The second-order valence-corrected chi connectivity index (χ2v) is 10.1. The van der Waals surface area contributed by atoms with Gasteiger partial charge in [0.05, 0.1) is 5.69 Å². The smallest absolute Gasteiger partial charge is 0.134 e. The van der Waals surface area contributed by atoms with Gasteiger partial charge in [-0.3, -0.25) is 4.98 Å². The monoisotopic (exact) mass is 419 g/mol. The second kappa shape index (κ2) is 7.63. The van der Waals surface area contributed by atoms with Crippen LogP contribution in [0.25, 0.3) is 44.1 Å². The topological polar surface area (TPSA) is 26.0 Å². The molecule has 2 nitrogen and oxygen atoms in total. The lowest BCUT2D eigenvalue weighted by molar-refractivity contribution is 0.366. The van der Waals surface area contributed by atoms with Crippen LogP contribution in [-0.4, -0.2) is 4.98 Å². The highest BCUT2D eigenvalue weighted by Gasteiger charge is 2.15. The van der Waals surface area contributed by atoms with Gasteiger partial charge in [0.15, 0.2) is 0 Å². The van der Waals surface area contributed by atoms with Crippen molar-refractivity contribution in [1.82, 2.24) is 4.98 Å². The molecule has 0 aliphatic carbocycles. The normalized spacial score (nSPS) is 12.0. The molecule has 0 unspecified atom stereocenters. The van der Waals surface area contributed by atoms with Gasteiger partial charge in [0, 0.05) is 29.1 Å². The summed E-state index contributed by atoms with van der Waals surface area (Å²) >= 11 is 0. The number of aromatic nitrogens is 1. The van der Waals surface area contributed by atoms with Crippen LogP contribution in [0.2, 0.25) is 0 Å². The number of pyridine rings is 1. The zero-order valence-corrected chi connectivity index (χ0v) is 19.5. The van der Waals surface area contributed by atoms with Crippen molar-refractivity contribution in [3.63, 3.8) is 0 Å². The summed E-state index contributed by atoms with van der Waals surface area (Å²) in [6.45, 7) is 11.0. The van der Waals surface area contributed by atoms with Gasteiger partial charge in [-0.15, -0.1) is 0 Å². The molecule has 2 aromatic heterocycles. The Labute approximate surface area is 189 Å². The lowest BCUT2D eigenvalue weighted by atomic mass is 9.91. The van der Waals surface area contributed by atoms with Gasteiger partial charge in [-0.25, -0.2) is 0 Å². The summed E-state index contributed by atoms with van der Waals surface area (Å²) in [7, 11) is 0. The highest BCUT2D eigenvalue weighted by molar-refractivity contribution is 6.11. The molecule has 0 amide bonds. The number of aryl methyl sites for hydroxylation is 2. The van der Waals surface area contributed by atoms with Crippen molar-refractivity contribution in [3.8, 4) is 22.6 Å². The maximum Gasteiger partial charge on any atom is 0.134 e. The van der Waals surface area contributed by atoms with Crippen LogP contribution < -0.4 is 0 Å². The van der Waals surface area contributed by atoms with Crippen LogP contribution in [0.1, 0.15) is 37.7 Å². The molecule has 0 saturated heterocycles. The van der Waals surface area contributed by atoms with Crippen molar-refractivity contribution in [1.29, 1.82) is 0 Å². The fraction of sp³-hybridized carbons (Fsp3) is 0.233. The fourth-order valence-corrected chi connectivity index (χ4v) is 4.64. The summed E-state index contributed by atoms with van der Waals surface area (Å²) in [6, 6.07) is 24.0. The average molecular weight is 420 g/mol. The molecule has 5 aromatic rings. The highest BCUT2D eigenvalue weighted by Crippen LogP contribution is 2.35. The molecule has 0 N–H and O–H groups in total. The van der Waals surface area contributed by atoms with Gasteiger partial charge in [0.25, 0.3) is 0 Å². The SMILES string of the molecule is Cc1cc(C)cc(-c2nccc3c2ccc2cc(-c4ccc(CC(C)(C)C)o4)ccc23)c1. The van der Waals surface area contributed by atoms with Crippen LogP contribution in [0.3, 0.4) is 0 Å². The van der Waals surface area contributed by atoms with Crippen LogP contribution >= 0.6 is 0 Å². The zero-order valence-electron chi connectivity index (χ0n) is 19.5. The summed E-state index contributed by atoms with van der Waals surface area (Å²) in [4.78, 5) is 4.75. The molecular weight excluding hydrogens is 390 g/mol. The first-order chi connectivity index (χ1) is 15.3. The second-order valence-electron chi connectivity index (χ2n) is 10.1. The Morgan fingerprint density at radius 3 is 2.22 bits per heavy atom. The molecule has 0 fully saturated rings. The van der Waals surface area contributed by atoms with Gasteiger partial charge in [0.2, 0.25) is 0 Å². The largest absolute Gasteiger partial charge is 0.461 e. The van der Waals surface area contributed by atoms with E-state index in [2.05, 4.69) is 101 Å². The Balaban J connectivity index is 1.60. The van der Waals surface area contributed by atoms with E-state index in [0.29, 0.717) is 0 Å².